The van der Waals surface area contributed by atoms with Gasteiger partial charge in [-0.2, -0.15) is 0 Å². The first-order chi connectivity index (χ1) is 7.66. The van der Waals surface area contributed by atoms with Crippen LogP contribution in [0.15, 0.2) is 24.4 Å². The molecule has 0 aliphatic heterocycles. The van der Waals surface area contributed by atoms with Crippen LogP contribution in [0, 0.1) is 0 Å². The summed E-state index contributed by atoms with van der Waals surface area (Å²) >= 11 is 5.72. The van der Waals surface area contributed by atoms with Crippen molar-refractivity contribution in [1.82, 2.24) is 10.3 Å². The summed E-state index contributed by atoms with van der Waals surface area (Å²) in [4.78, 5) is 15.7. The number of nitrogens with two attached hydrogens (primary N) is 1. The van der Waals surface area contributed by atoms with Gasteiger partial charge in [-0.05, 0) is 18.9 Å². The van der Waals surface area contributed by atoms with Crippen molar-refractivity contribution < 1.29 is 4.79 Å². The Morgan fingerprint density at radius 2 is 2.19 bits per heavy atom. The van der Waals surface area contributed by atoms with Crippen molar-refractivity contribution in [3.05, 3.63) is 35.1 Å². The maximum atomic E-state index is 11.9. The minimum Gasteiger partial charge on any atom is -0.397 e. The molecular formula is C11H12ClN3O. The highest BCUT2D eigenvalue weighted by Gasteiger charge is 2.16. The number of hydrogen-bond donors (Lipinski definition) is 2. The van der Waals surface area contributed by atoms with Gasteiger partial charge in [0.2, 0.25) is 0 Å². The number of nitrogen functional groups attached to an aromatic ring is 1. The molecule has 1 aromatic rings. The number of aromatic nitrogens is 1. The number of pyridine rings is 1. The molecule has 0 radical (unpaired) electrons. The van der Waals surface area contributed by atoms with Crippen molar-refractivity contribution in [2.75, 3.05) is 5.73 Å². The van der Waals surface area contributed by atoms with E-state index in [0.717, 1.165) is 12.8 Å². The highest BCUT2D eigenvalue weighted by molar-refractivity contribution is 6.29. The lowest BCUT2D eigenvalue weighted by atomic mass is 10.2. The molecule has 1 aromatic heterocycles. The molecule has 3 N–H and O–H groups in total. The second-order valence-electron chi connectivity index (χ2n) is 3.71. The van der Waals surface area contributed by atoms with E-state index in [-0.39, 0.29) is 17.1 Å². The Bertz CT molecular complexity index is 437. The van der Waals surface area contributed by atoms with Crippen LogP contribution in [0.2, 0.25) is 5.15 Å². The van der Waals surface area contributed by atoms with Gasteiger partial charge in [-0.1, -0.05) is 23.8 Å². The number of carbonyl (C=O) groups excluding carboxylic acids is 1. The molecule has 16 heavy (non-hydrogen) atoms. The van der Waals surface area contributed by atoms with Crippen LogP contribution < -0.4 is 11.1 Å². The third-order valence-electron chi connectivity index (χ3n) is 2.49. The highest BCUT2D eigenvalue weighted by Crippen LogP contribution is 2.16. The Morgan fingerprint density at radius 1 is 1.50 bits per heavy atom. The predicted molar refractivity (Wildman–Crippen MR) is 63.3 cm³/mol. The third kappa shape index (κ3) is 2.33. The van der Waals surface area contributed by atoms with Gasteiger partial charge < -0.3 is 11.1 Å². The molecule has 1 heterocycles. The molecule has 84 valence electrons. The SMILES string of the molecule is Nc1cnc(Cl)cc1C(=O)NC1CC=CC1. The molecule has 0 atom stereocenters. The second-order valence-corrected chi connectivity index (χ2v) is 4.09. The maximum Gasteiger partial charge on any atom is 0.253 e. The van der Waals surface area contributed by atoms with Gasteiger partial charge in [0.25, 0.3) is 5.91 Å². The molecule has 0 saturated carbocycles. The predicted octanol–water partition coefficient (Wildman–Crippen LogP) is 1.77. The summed E-state index contributed by atoms with van der Waals surface area (Å²) < 4.78 is 0. The molecule has 1 aliphatic carbocycles. The molecule has 0 unspecified atom stereocenters. The van der Waals surface area contributed by atoms with E-state index < -0.39 is 0 Å². The van der Waals surface area contributed by atoms with E-state index in [2.05, 4.69) is 10.3 Å². The van der Waals surface area contributed by atoms with Crippen LogP contribution in [0.3, 0.4) is 0 Å². The average molecular weight is 238 g/mol. The Balaban J connectivity index is 2.10. The lowest BCUT2D eigenvalue weighted by Crippen LogP contribution is -2.33. The van der Waals surface area contributed by atoms with Crippen LogP contribution in [-0.2, 0) is 0 Å². The smallest absolute Gasteiger partial charge is 0.253 e. The fourth-order valence-corrected chi connectivity index (χ4v) is 1.79. The first-order valence-corrected chi connectivity index (χ1v) is 5.41. The van der Waals surface area contributed by atoms with Crippen LogP contribution in [0.4, 0.5) is 5.69 Å². The molecule has 0 spiro atoms. The summed E-state index contributed by atoms with van der Waals surface area (Å²) in [6, 6.07) is 1.65. The Morgan fingerprint density at radius 3 is 2.88 bits per heavy atom. The van der Waals surface area contributed by atoms with Gasteiger partial charge in [0.15, 0.2) is 0 Å². The summed E-state index contributed by atoms with van der Waals surface area (Å²) in [5.74, 6) is -0.199. The van der Waals surface area contributed by atoms with Crippen molar-refractivity contribution in [3.8, 4) is 0 Å². The Hall–Kier alpha value is -1.55. The highest BCUT2D eigenvalue weighted by atomic mass is 35.5. The normalized spacial score (nSPS) is 15.3. The fourth-order valence-electron chi connectivity index (χ4n) is 1.64. The minimum absolute atomic E-state index is 0.166. The van der Waals surface area contributed by atoms with E-state index in [1.807, 2.05) is 12.2 Å². The monoisotopic (exact) mass is 237 g/mol. The van der Waals surface area contributed by atoms with E-state index in [9.17, 15) is 4.79 Å². The molecule has 1 amide bonds. The van der Waals surface area contributed by atoms with E-state index in [1.54, 1.807) is 0 Å². The second kappa shape index (κ2) is 4.53. The Kier molecular flexibility index (Phi) is 3.10. The number of hydrogen-bond acceptors (Lipinski definition) is 3. The van der Waals surface area contributed by atoms with Crippen LogP contribution in [-0.4, -0.2) is 16.9 Å². The molecule has 0 fully saturated rings. The number of nitrogens with zero attached hydrogens (tertiary/aromatic N) is 1. The molecule has 4 nitrogen and oxygen atoms in total. The largest absolute Gasteiger partial charge is 0.397 e. The summed E-state index contributed by atoms with van der Waals surface area (Å²) in [5.41, 5.74) is 6.39. The molecule has 0 saturated heterocycles. The quantitative estimate of drug-likeness (QED) is 0.609. The molecule has 0 aromatic carbocycles. The number of anilines is 1. The zero-order chi connectivity index (χ0) is 11.5. The first kappa shape index (κ1) is 11.0. The first-order valence-electron chi connectivity index (χ1n) is 5.03. The minimum atomic E-state index is -0.199. The lowest BCUT2D eigenvalue weighted by molar-refractivity contribution is 0.0940. The van der Waals surface area contributed by atoms with Crippen molar-refractivity contribution in [3.63, 3.8) is 0 Å². The average Bonchev–Trinajstić information content (AvgIpc) is 2.74. The number of amides is 1. The zero-order valence-corrected chi connectivity index (χ0v) is 9.37. The van der Waals surface area contributed by atoms with Crippen LogP contribution in [0.1, 0.15) is 23.2 Å². The van der Waals surface area contributed by atoms with Crippen molar-refractivity contribution in [1.29, 1.82) is 0 Å². The van der Waals surface area contributed by atoms with Crippen LogP contribution >= 0.6 is 11.6 Å². The standard InChI is InChI=1S/C11H12ClN3O/c12-10-5-8(9(13)6-14-10)11(16)15-7-3-1-2-4-7/h1-2,5-7H,3-4,13H2,(H,15,16). The molecule has 5 heteroatoms. The van der Waals surface area contributed by atoms with E-state index in [0.29, 0.717) is 11.3 Å². The van der Waals surface area contributed by atoms with Crippen molar-refractivity contribution in [2.45, 2.75) is 18.9 Å². The number of carbonyl (C=O) groups is 1. The number of rotatable bonds is 2. The van der Waals surface area contributed by atoms with Gasteiger partial charge in [-0.15, -0.1) is 0 Å². The summed E-state index contributed by atoms with van der Waals surface area (Å²) in [5, 5.41) is 3.16. The van der Waals surface area contributed by atoms with E-state index in [1.165, 1.54) is 12.3 Å². The number of halogens is 1. The summed E-state index contributed by atoms with van der Waals surface area (Å²) in [7, 11) is 0. The Labute approximate surface area is 98.5 Å². The molecule has 2 rings (SSSR count). The summed E-state index contributed by atoms with van der Waals surface area (Å²) in [6.07, 6.45) is 7.22. The van der Waals surface area contributed by atoms with Crippen LogP contribution in [0.5, 0.6) is 0 Å². The maximum absolute atomic E-state index is 11.9. The van der Waals surface area contributed by atoms with Crippen molar-refractivity contribution >= 4 is 23.2 Å². The van der Waals surface area contributed by atoms with Gasteiger partial charge in [0.05, 0.1) is 17.4 Å². The number of nitrogens with one attached hydrogen (secondary N) is 1. The van der Waals surface area contributed by atoms with E-state index >= 15 is 0 Å². The third-order valence-corrected chi connectivity index (χ3v) is 2.70. The zero-order valence-electron chi connectivity index (χ0n) is 8.61. The lowest BCUT2D eigenvalue weighted by Gasteiger charge is -2.13. The van der Waals surface area contributed by atoms with Gasteiger partial charge in [0, 0.05) is 6.04 Å². The summed E-state index contributed by atoms with van der Waals surface area (Å²) in [6.45, 7) is 0. The van der Waals surface area contributed by atoms with Crippen molar-refractivity contribution in [2.24, 2.45) is 0 Å². The molecule has 0 bridgehead atoms. The van der Waals surface area contributed by atoms with E-state index in [4.69, 9.17) is 17.3 Å². The molecule has 1 aliphatic rings. The fraction of sp³-hybridized carbons (Fsp3) is 0.273. The van der Waals surface area contributed by atoms with Gasteiger partial charge in [0.1, 0.15) is 5.15 Å². The van der Waals surface area contributed by atoms with Gasteiger partial charge in [-0.3, -0.25) is 4.79 Å². The van der Waals surface area contributed by atoms with Crippen LogP contribution in [0.25, 0.3) is 0 Å². The van der Waals surface area contributed by atoms with Gasteiger partial charge in [-0.25, -0.2) is 4.98 Å². The topological polar surface area (TPSA) is 68.0 Å². The molecular weight excluding hydrogens is 226 g/mol. The van der Waals surface area contributed by atoms with Gasteiger partial charge >= 0.3 is 0 Å².